The van der Waals surface area contributed by atoms with Crippen LogP contribution >= 0.6 is 0 Å². The van der Waals surface area contributed by atoms with Crippen LogP contribution in [-0.4, -0.2) is 47.7 Å². The van der Waals surface area contributed by atoms with Gasteiger partial charge >= 0.3 is 6.03 Å². The first-order valence-electron chi connectivity index (χ1n) is 8.63. The summed E-state index contributed by atoms with van der Waals surface area (Å²) in [5.74, 6) is -0.212. The number of carbonyl (C=O) groups excluding carboxylic acids is 2. The first-order chi connectivity index (χ1) is 11.8. The molecule has 0 unspecified atom stereocenters. The second-order valence-corrected chi connectivity index (χ2v) is 6.69. The lowest BCUT2D eigenvalue weighted by Crippen LogP contribution is -2.40. The minimum Gasteiger partial charge on any atom is -0.350 e. The smallest absolute Gasteiger partial charge is 0.332 e. The maximum atomic E-state index is 12.7. The third kappa shape index (κ3) is 4.36. The van der Waals surface area contributed by atoms with Crippen molar-refractivity contribution in [3.8, 4) is 0 Å². The maximum Gasteiger partial charge on any atom is 0.332 e. The molecule has 0 aliphatic carbocycles. The Hall–Kier alpha value is -2.41. The third-order valence-corrected chi connectivity index (χ3v) is 4.30. The van der Waals surface area contributed by atoms with Crippen LogP contribution in [0.1, 0.15) is 39.7 Å². The molecule has 25 heavy (non-hydrogen) atoms. The second-order valence-electron chi connectivity index (χ2n) is 6.69. The SMILES string of the molecule is CC(C)N(CCCN1C(=O)C(=NNC(N)=O)c2ccccc21)C(C)C. The van der Waals surface area contributed by atoms with Crippen molar-refractivity contribution in [2.45, 2.75) is 46.2 Å². The summed E-state index contributed by atoms with van der Waals surface area (Å²) in [4.78, 5) is 27.7. The van der Waals surface area contributed by atoms with Gasteiger partial charge in [-0.15, -0.1) is 0 Å². The third-order valence-electron chi connectivity index (χ3n) is 4.30. The van der Waals surface area contributed by atoms with Crippen molar-refractivity contribution < 1.29 is 9.59 Å². The van der Waals surface area contributed by atoms with Gasteiger partial charge in [-0.25, -0.2) is 10.2 Å². The molecule has 2 rings (SSSR count). The second kappa shape index (κ2) is 8.11. The van der Waals surface area contributed by atoms with Gasteiger partial charge < -0.3 is 10.6 Å². The Bertz CT molecular complexity index is 661. The molecule has 0 fully saturated rings. The Morgan fingerprint density at radius 3 is 2.48 bits per heavy atom. The molecule has 1 aromatic rings. The minimum atomic E-state index is -0.791. The number of primary amides is 1. The van der Waals surface area contributed by atoms with Crippen LogP contribution < -0.4 is 16.1 Å². The molecule has 0 saturated carbocycles. The van der Waals surface area contributed by atoms with Crippen LogP contribution in [0.4, 0.5) is 10.5 Å². The number of anilines is 1. The van der Waals surface area contributed by atoms with Crippen molar-refractivity contribution in [1.82, 2.24) is 10.3 Å². The largest absolute Gasteiger partial charge is 0.350 e. The highest BCUT2D eigenvalue weighted by Gasteiger charge is 2.33. The lowest BCUT2D eigenvalue weighted by atomic mass is 10.1. The summed E-state index contributed by atoms with van der Waals surface area (Å²) < 4.78 is 0. The van der Waals surface area contributed by atoms with E-state index >= 15 is 0 Å². The van der Waals surface area contributed by atoms with E-state index in [1.165, 1.54) is 0 Å². The highest BCUT2D eigenvalue weighted by atomic mass is 16.2. The van der Waals surface area contributed by atoms with E-state index in [1.54, 1.807) is 4.90 Å². The number of benzene rings is 1. The first-order valence-corrected chi connectivity index (χ1v) is 8.63. The van der Waals surface area contributed by atoms with Crippen LogP contribution in [0.25, 0.3) is 0 Å². The molecule has 1 aliphatic rings. The van der Waals surface area contributed by atoms with Crippen molar-refractivity contribution >= 4 is 23.3 Å². The van der Waals surface area contributed by atoms with Gasteiger partial charge in [0.25, 0.3) is 5.91 Å². The fourth-order valence-electron chi connectivity index (χ4n) is 3.23. The minimum absolute atomic E-state index is 0.212. The summed E-state index contributed by atoms with van der Waals surface area (Å²) in [7, 11) is 0. The molecular weight excluding hydrogens is 318 g/mol. The van der Waals surface area contributed by atoms with Crippen LogP contribution in [0, 0.1) is 0 Å². The average Bonchev–Trinajstić information content (AvgIpc) is 2.80. The van der Waals surface area contributed by atoms with Crippen LogP contribution in [-0.2, 0) is 4.79 Å². The van der Waals surface area contributed by atoms with Gasteiger partial charge in [0.2, 0.25) is 0 Å². The van der Waals surface area contributed by atoms with Crippen molar-refractivity contribution in [3.05, 3.63) is 29.8 Å². The molecule has 0 spiro atoms. The normalized spacial score (nSPS) is 15.6. The molecule has 0 bridgehead atoms. The van der Waals surface area contributed by atoms with Crippen LogP contribution in [0.2, 0.25) is 0 Å². The van der Waals surface area contributed by atoms with Gasteiger partial charge in [-0.3, -0.25) is 9.69 Å². The number of hydrazone groups is 1. The Morgan fingerprint density at radius 1 is 1.24 bits per heavy atom. The Morgan fingerprint density at radius 2 is 1.88 bits per heavy atom. The van der Waals surface area contributed by atoms with Gasteiger partial charge in [0, 0.05) is 30.7 Å². The number of nitrogens with two attached hydrogens (primary N) is 1. The van der Waals surface area contributed by atoms with Gasteiger partial charge in [0.05, 0.1) is 5.69 Å². The quantitative estimate of drug-likeness (QED) is 0.740. The number of rotatable bonds is 7. The molecular formula is C18H27N5O2. The monoisotopic (exact) mass is 345 g/mol. The van der Waals surface area contributed by atoms with Crippen LogP contribution in [0.3, 0.4) is 0 Å². The molecule has 1 aromatic carbocycles. The molecule has 7 nitrogen and oxygen atoms in total. The summed E-state index contributed by atoms with van der Waals surface area (Å²) in [6.45, 7) is 10.2. The summed E-state index contributed by atoms with van der Waals surface area (Å²) in [6, 6.07) is 7.57. The molecule has 3 amide bonds. The number of amides is 3. The van der Waals surface area contributed by atoms with E-state index < -0.39 is 6.03 Å². The van der Waals surface area contributed by atoms with Crippen molar-refractivity contribution in [1.29, 1.82) is 0 Å². The van der Waals surface area contributed by atoms with Crippen molar-refractivity contribution in [2.24, 2.45) is 10.8 Å². The summed E-state index contributed by atoms with van der Waals surface area (Å²) in [5, 5.41) is 3.89. The van der Waals surface area contributed by atoms with E-state index in [-0.39, 0.29) is 11.6 Å². The number of para-hydroxylation sites is 1. The highest BCUT2D eigenvalue weighted by molar-refractivity contribution is 6.54. The van der Waals surface area contributed by atoms with E-state index in [0.717, 1.165) is 18.7 Å². The zero-order valence-corrected chi connectivity index (χ0v) is 15.3. The fourth-order valence-corrected chi connectivity index (χ4v) is 3.23. The molecule has 3 N–H and O–H groups in total. The van der Waals surface area contributed by atoms with Crippen LogP contribution in [0.5, 0.6) is 0 Å². The number of nitrogens with zero attached hydrogens (tertiary/aromatic N) is 3. The lowest BCUT2D eigenvalue weighted by Gasteiger charge is -2.31. The maximum absolute atomic E-state index is 12.7. The standard InChI is InChI=1S/C18H27N5O2/c1-12(2)22(13(3)4)10-7-11-23-15-9-6-5-8-14(15)16(17(23)24)20-21-18(19)25/h5-6,8-9,12-13H,7,10-11H2,1-4H3,(H3,19,21,25). The zero-order valence-electron chi connectivity index (χ0n) is 15.3. The molecule has 1 heterocycles. The lowest BCUT2D eigenvalue weighted by molar-refractivity contribution is -0.112. The van der Waals surface area contributed by atoms with E-state index in [2.05, 4.69) is 43.1 Å². The number of urea groups is 1. The molecule has 0 saturated heterocycles. The number of fused-ring (bicyclic) bond motifs is 1. The number of hydrogen-bond donors (Lipinski definition) is 2. The highest BCUT2D eigenvalue weighted by Crippen LogP contribution is 2.29. The predicted molar refractivity (Wildman–Crippen MR) is 99.6 cm³/mol. The molecule has 1 aliphatic heterocycles. The number of nitrogens with one attached hydrogen (secondary N) is 1. The summed E-state index contributed by atoms with van der Waals surface area (Å²) in [5.41, 5.74) is 8.96. The molecule has 0 aromatic heterocycles. The Balaban J connectivity index is 2.12. The van der Waals surface area contributed by atoms with Gasteiger partial charge in [0.1, 0.15) is 0 Å². The van der Waals surface area contributed by atoms with Crippen LogP contribution in [0.15, 0.2) is 29.4 Å². The van der Waals surface area contributed by atoms with E-state index in [9.17, 15) is 9.59 Å². The van der Waals surface area contributed by atoms with E-state index in [0.29, 0.717) is 24.2 Å². The molecule has 0 radical (unpaired) electrons. The summed E-state index contributed by atoms with van der Waals surface area (Å²) >= 11 is 0. The first kappa shape index (κ1) is 18.9. The van der Waals surface area contributed by atoms with E-state index in [4.69, 9.17) is 5.73 Å². The molecule has 7 heteroatoms. The van der Waals surface area contributed by atoms with Crippen molar-refractivity contribution in [2.75, 3.05) is 18.0 Å². The molecule has 136 valence electrons. The summed E-state index contributed by atoms with van der Waals surface area (Å²) in [6.07, 6.45) is 0.854. The van der Waals surface area contributed by atoms with Gasteiger partial charge in [-0.2, -0.15) is 5.10 Å². The Kier molecular flexibility index (Phi) is 6.14. The van der Waals surface area contributed by atoms with Gasteiger partial charge in [0.15, 0.2) is 5.71 Å². The topological polar surface area (TPSA) is 91.0 Å². The van der Waals surface area contributed by atoms with Crippen molar-refractivity contribution in [3.63, 3.8) is 0 Å². The van der Waals surface area contributed by atoms with Gasteiger partial charge in [-0.05, 0) is 40.2 Å². The molecule has 0 atom stereocenters. The number of hydrogen-bond acceptors (Lipinski definition) is 4. The zero-order chi connectivity index (χ0) is 18.6. The average molecular weight is 345 g/mol. The predicted octanol–water partition coefficient (Wildman–Crippen LogP) is 1.91. The van der Waals surface area contributed by atoms with Gasteiger partial charge in [-0.1, -0.05) is 18.2 Å². The number of carbonyl (C=O) groups is 2. The fraction of sp³-hybridized carbons (Fsp3) is 0.500. The Labute approximate surface area is 148 Å². The van der Waals surface area contributed by atoms with E-state index in [1.807, 2.05) is 24.3 Å².